The predicted molar refractivity (Wildman–Crippen MR) is 166 cm³/mol. The summed E-state index contributed by atoms with van der Waals surface area (Å²) < 4.78 is 12.9. The van der Waals surface area contributed by atoms with Gasteiger partial charge in [0.05, 0.1) is 30.6 Å². The molecule has 212 valence electrons. The minimum Gasteiger partial charge on any atom is -0.495 e. The van der Waals surface area contributed by atoms with Gasteiger partial charge in [0.25, 0.3) is 0 Å². The van der Waals surface area contributed by atoms with Crippen LogP contribution in [-0.2, 0) is 9.53 Å². The van der Waals surface area contributed by atoms with Gasteiger partial charge in [-0.05, 0) is 99.1 Å². The maximum absolute atomic E-state index is 12.4. The molecule has 9 heteroatoms. The number of amides is 1. The lowest BCUT2D eigenvalue weighted by atomic mass is 9.96. The Morgan fingerprint density at radius 3 is 2.56 bits per heavy atom. The van der Waals surface area contributed by atoms with E-state index in [9.17, 15) is 4.79 Å². The van der Waals surface area contributed by atoms with E-state index >= 15 is 0 Å². The maximum Gasteiger partial charge on any atom is 0.250 e. The molecule has 8 nitrogen and oxygen atoms in total. The third kappa shape index (κ3) is 5.30. The number of rotatable bonds is 8. The van der Waals surface area contributed by atoms with E-state index in [0.717, 1.165) is 34.0 Å². The number of ether oxygens (including phenoxy) is 2. The maximum atomic E-state index is 12.4. The molecule has 0 radical (unpaired) electrons. The average Bonchev–Trinajstić information content (AvgIpc) is 3.45. The molecular formula is C32H35N5O3S. The summed E-state index contributed by atoms with van der Waals surface area (Å²) >= 11 is 5.97. The molecule has 0 spiro atoms. The molecule has 2 N–H and O–H groups in total. The third-order valence-electron chi connectivity index (χ3n) is 7.71. The molecule has 2 atom stereocenters. The number of pyridine rings is 1. The van der Waals surface area contributed by atoms with E-state index in [1.807, 2.05) is 36.4 Å². The Labute approximate surface area is 246 Å². The van der Waals surface area contributed by atoms with Crippen LogP contribution in [0.5, 0.6) is 5.75 Å². The number of nitrogens with zero attached hydrogens (tertiary/aromatic N) is 3. The first-order valence-electron chi connectivity index (χ1n) is 13.5. The Kier molecular flexibility index (Phi) is 8.10. The van der Waals surface area contributed by atoms with Crippen LogP contribution in [0, 0.1) is 27.7 Å². The first kappa shape index (κ1) is 28.3. The van der Waals surface area contributed by atoms with Crippen molar-refractivity contribution in [1.82, 2.24) is 14.9 Å². The van der Waals surface area contributed by atoms with Gasteiger partial charge in [-0.15, -0.1) is 0 Å². The number of benzene rings is 2. The van der Waals surface area contributed by atoms with Crippen molar-refractivity contribution < 1.29 is 14.3 Å². The number of hydrogen-bond donors (Lipinski definition) is 2. The number of aryl methyl sites for hydroxylation is 2. The average molecular weight is 570 g/mol. The van der Waals surface area contributed by atoms with Gasteiger partial charge >= 0.3 is 0 Å². The van der Waals surface area contributed by atoms with Crippen LogP contribution in [0.25, 0.3) is 5.69 Å². The van der Waals surface area contributed by atoms with Crippen molar-refractivity contribution in [2.75, 3.05) is 31.0 Å². The number of hydrogen-bond acceptors (Lipinski definition) is 5. The second kappa shape index (κ2) is 11.7. The highest BCUT2D eigenvalue weighted by Crippen LogP contribution is 2.45. The van der Waals surface area contributed by atoms with Gasteiger partial charge in [-0.3, -0.25) is 9.78 Å². The van der Waals surface area contributed by atoms with E-state index in [-0.39, 0.29) is 24.6 Å². The molecule has 2 aromatic heterocycles. The zero-order valence-electron chi connectivity index (χ0n) is 24.2. The molecule has 1 saturated heterocycles. The first-order chi connectivity index (χ1) is 19.7. The van der Waals surface area contributed by atoms with E-state index in [0.29, 0.717) is 16.5 Å². The van der Waals surface area contributed by atoms with Crippen LogP contribution in [0.3, 0.4) is 0 Å². The van der Waals surface area contributed by atoms with Crippen molar-refractivity contribution >= 4 is 34.6 Å². The third-order valence-corrected chi connectivity index (χ3v) is 8.03. The fourth-order valence-electron chi connectivity index (χ4n) is 5.65. The van der Waals surface area contributed by atoms with Crippen LogP contribution < -0.4 is 20.3 Å². The molecule has 0 bridgehead atoms. The molecule has 1 amide bonds. The van der Waals surface area contributed by atoms with Gasteiger partial charge in [-0.1, -0.05) is 18.2 Å². The molecule has 3 heterocycles. The normalized spacial score (nSPS) is 16.5. The van der Waals surface area contributed by atoms with E-state index in [1.165, 1.54) is 18.2 Å². The lowest BCUT2D eigenvalue weighted by Gasteiger charge is -2.29. The molecule has 0 aliphatic carbocycles. The molecule has 1 aliphatic rings. The van der Waals surface area contributed by atoms with Crippen molar-refractivity contribution in [2.45, 2.75) is 39.8 Å². The lowest BCUT2D eigenvalue weighted by Crippen LogP contribution is -2.29. The van der Waals surface area contributed by atoms with E-state index in [2.05, 4.69) is 72.1 Å². The number of thiocarbonyl (C=S) groups is 1. The highest BCUT2D eigenvalue weighted by atomic mass is 32.1. The molecule has 1 fully saturated rings. The molecule has 2 aromatic carbocycles. The van der Waals surface area contributed by atoms with E-state index in [4.69, 9.17) is 26.7 Å². The number of aromatic nitrogens is 2. The smallest absolute Gasteiger partial charge is 0.250 e. The highest BCUT2D eigenvalue weighted by molar-refractivity contribution is 7.80. The Hall–Kier alpha value is -4.21. The standard InChI is InChI=1S/C32H35N5O3S/c1-19-10-9-12-27(21(19)3)36-20(2)16-24(22(36)4)31-30(25-11-7-8-15-33-25)35-32(41)37(31)23-13-14-28(40-6)26(17-23)34-29(38)18-39-5/h7-17,30-31H,18H2,1-6H3,(H,34,38)(H,35,41)/t30-,31-/m0/s1. The largest absolute Gasteiger partial charge is 0.495 e. The first-order valence-corrected chi connectivity index (χ1v) is 13.9. The molecule has 4 aromatic rings. The van der Waals surface area contributed by atoms with Crippen LogP contribution >= 0.6 is 12.2 Å². The Morgan fingerprint density at radius 2 is 1.85 bits per heavy atom. The van der Waals surface area contributed by atoms with Crippen LogP contribution in [0.2, 0.25) is 0 Å². The Balaban J connectivity index is 1.67. The zero-order chi connectivity index (χ0) is 29.3. The summed E-state index contributed by atoms with van der Waals surface area (Å²) in [6.07, 6.45) is 1.80. The number of anilines is 2. The second-order valence-electron chi connectivity index (χ2n) is 10.2. The lowest BCUT2D eigenvalue weighted by molar-refractivity contribution is -0.119. The van der Waals surface area contributed by atoms with Gasteiger partial charge in [-0.25, -0.2) is 0 Å². The van der Waals surface area contributed by atoms with Crippen LogP contribution in [0.15, 0.2) is 66.9 Å². The van der Waals surface area contributed by atoms with Crippen LogP contribution in [0.1, 0.15) is 45.9 Å². The van der Waals surface area contributed by atoms with Gasteiger partial charge < -0.3 is 29.6 Å². The Morgan fingerprint density at radius 1 is 1.05 bits per heavy atom. The van der Waals surface area contributed by atoms with Gasteiger partial charge in [-0.2, -0.15) is 0 Å². The molecule has 1 aliphatic heterocycles. The summed E-state index contributed by atoms with van der Waals surface area (Å²) in [6, 6.07) is 19.8. The molecule has 0 unspecified atom stereocenters. The molecule has 5 rings (SSSR count). The minimum atomic E-state index is -0.273. The summed E-state index contributed by atoms with van der Waals surface area (Å²) in [6.45, 7) is 8.53. The van der Waals surface area contributed by atoms with Crippen LogP contribution in [0.4, 0.5) is 11.4 Å². The Bertz CT molecular complexity index is 1600. The van der Waals surface area contributed by atoms with Crippen molar-refractivity contribution in [3.63, 3.8) is 0 Å². The van der Waals surface area contributed by atoms with Crippen molar-refractivity contribution in [2.24, 2.45) is 0 Å². The summed E-state index contributed by atoms with van der Waals surface area (Å²) in [5.41, 5.74) is 9.28. The van der Waals surface area contributed by atoms with Gasteiger partial charge in [0.1, 0.15) is 12.4 Å². The van der Waals surface area contributed by atoms with Gasteiger partial charge in [0.15, 0.2) is 5.11 Å². The fraction of sp³-hybridized carbons (Fsp3) is 0.281. The quantitative estimate of drug-likeness (QED) is 0.257. The van der Waals surface area contributed by atoms with E-state index in [1.54, 1.807) is 13.3 Å². The van der Waals surface area contributed by atoms with Crippen LogP contribution in [-0.4, -0.2) is 41.4 Å². The van der Waals surface area contributed by atoms with Crippen molar-refractivity contribution in [3.05, 3.63) is 101 Å². The number of carbonyl (C=O) groups excluding carboxylic acids is 1. The summed E-state index contributed by atoms with van der Waals surface area (Å²) in [5.74, 6) is 0.271. The molecular weight excluding hydrogens is 534 g/mol. The highest BCUT2D eigenvalue weighted by Gasteiger charge is 2.42. The summed E-state index contributed by atoms with van der Waals surface area (Å²) in [4.78, 5) is 19.2. The number of carbonyl (C=O) groups is 1. The minimum absolute atomic E-state index is 0.0637. The number of methoxy groups -OCH3 is 2. The summed E-state index contributed by atoms with van der Waals surface area (Å²) in [7, 11) is 3.06. The monoisotopic (exact) mass is 569 g/mol. The zero-order valence-corrected chi connectivity index (χ0v) is 25.0. The molecule has 41 heavy (non-hydrogen) atoms. The SMILES string of the molecule is COCC(=O)Nc1cc(N2C(=S)N[C@@H](c3ccccn3)[C@@H]2c2cc(C)n(-c3cccc(C)c3C)c2C)ccc1OC. The van der Waals surface area contributed by atoms with Crippen molar-refractivity contribution in [1.29, 1.82) is 0 Å². The predicted octanol–water partition coefficient (Wildman–Crippen LogP) is 5.88. The van der Waals surface area contributed by atoms with E-state index < -0.39 is 0 Å². The second-order valence-corrected chi connectivity index (χ2v) is 10.6. The van der Waals surface area contributed by atoms with Gasteiger partial charge in [0, 0.05) is 36.1 Å². The topological polar surface area (TPSA) is 80.7 Å². The molecule has 0 saturated carbocycles. The van der Waals surface area contributed by atoms with Crippen molar-refractivity contribution in [3.8, 4) is 11.4 Å². The summed E-state index contributed by atoms with van der Waals surface area (Å²) in [5, 5.41) is 7.01. The fourth-order valence-corrected chi connectivity index (χ4v) is 5.99. The number of nitrogens with one attached hydrogen (secondary N) is 2. The van der Waals surface area contributed by atoms with Gasteiger partial charge in [0.2, 0.25) is 5.91 Å².